The van der Waals surface area contributed by atoms with Gasteiger partial charge in [0.2, 0.25) is 0 Å². The number of nitrogens with zero attached hydrogens (tertiary/aromatic N) is 1. The van der Waals surface area contributed by atoms with Crippen molar-refractivity contribution < 1.29 is 23.7 Å². The smallest absolute Gasteiger partial charge is 0.408 e. The van der Waals surface area contributed by atoms with Crippen molar-refractivity contribution in [3.05, 3.63) is 90.0 Å². The Kier molecular flexibility index (Phi) is 12.7. The molecule has 2 unspecified atom stereocenters. The molecular weight excluding hydrogens is 564 g/mol. The number of nitrogens with one attached hydrogen (secondary N) is 1. The van der Waals surface area contributed by atoms with Gasteiger partial charge in [-0.3, -0.25) is 0 Å². The zero-order valence-electron chi connectivity index (χ0n) is 27.0. The molecule has 3 aromatic rings. The third kappa shape index (κ3) is 10.3. The Bertz CT molecular complexity index is 1300. The maximum Gasteiger partial charge on any atom is 0.408 e. The molecule has 7 heteroatoms. The van der Waals surface area contributed by atoms with E-state index >= 15 is 0 Å². The van der Waals surface area contributed by atoms with Crippen LogP contribution in [0.1, 0.15) is 75.5 Å². The van der Waals surface area contributed by atoms with Gasteiger partial charge in [-0.05, 0) is 85.6 Å². The van der Waals surface area contributed by atoms with Crippen LogP contribution in [0.15, 0.2) is 78.9 Å². The Morgan fingerprint density at radius 1 is 0.867 bits per heavy atom. The van der Waals surface area contributed by atoms with Gasteiger partial charge in [-0.15, -0.1) is 0 Å². The van der Waals surface area contributed by atoms with Crippen molar-refractivity contribution in [2.75, 3.05) is 40.0 Å². The molecule has 7 nitrogen and oxygen atoms in total. The van der Waals surface area contributed by atoms with Gasteiger partial charge in [-0.2, -0.15) is 0 Å². The first kappa shape index (κ1) is 33.0. The molecule has 0 spiro atoms. The molecule has 0 radical (unpaired) electrons. The molecule has 0 aliphatic carbocycles. The molecule has 242 valence electrons. The normalized spacial score (nSPS) is 19.7. The SMILES string of the molecule is CC1CCN(C)C[C@@H]1OC(=O)NC(c1ccccc1)c1cc(OCCCCCCCCC2OCCO2)cc(-c2ccccc2)c1. The predicted octanol–water partition coefficient (Wildman–Crippen LogP) is 7.99. The number of benzene rings is 3. The number of hydrogen-bond acceptors (Lipinski definition) is 6. The van der Waals surface area contributed by atoms with E-state index in [0.717, 1.165) is 86.4 Å². The number of amides is 1. The van der Waals surface area contributed by atoms with Gasteiger partial charge in [-0.25, -0.2) is 4.79 Å². The molecule has 45 heavy (non-hydrogen) atoms. The lowest BCUT2D eigenvalue weighted by Crippen LogP contribution is -2.45. The number of carbonyl (C=O) groups excluding carboxylic acids is 1. The molecule has 2 fully saturated rings. The van der Waals surface area contributed by atoms with E-state index in [2.05, 4.69) is 54.5 Å². The summed E-state index contributed by atoms with van der Waals surface area (Å²) < 4.78 is 23.4. The number of unbranched alkanes of at least 4 members (excludes halogenated alkanes) is 5. The van der Waals surface area contributed by atoms with Crippen LogP contribution in [0.3, 0.4) is 0 Å². The maximum atomic E-state index is 13.4. The van der Waals surface area contributed by atoms with Gasteiger partial charge in [0.25, 0.3) is 0 Å². The second kappa shape index (κ2) is 17.3. The lowest BCUT2D eigenvalue weighted by atomic mass is 9.94. The molecule has 1 N–H and O–H groups in total. The molecule has 0 bridgehead atoms. The molecule has 0 aromatic heterocycles. The van der Waals surface area contributed by atoms with E-state index in [9.17, 15) is 4.79 Å². The average molecular weight is 615 g/mol. The highest BCUT2D eigenvalue weighted by Gasteiger charge is 2.29. The Morgan fingerprint density at radius 2 is 1.56 bits per heavy atom. The summed E-state index contributed by atoms with van der Waals surface area (Å²) in [7, 11) is 2.08. The lowest BCUT2D eigenvalue weighted by molar-refractivity contribution is -0.0480. The number of alkyl carbamates (subject to hydrolysis) is 1. The number of hydrogen-bond donors (Lipinski definition) is 1. The monoisotopic (exact) mass is 614 g/mol. The molecule has 2 heterocycles. The van der Waals surface area contributed by atoms with Gasteiger partial charge in [0, 0.05) is 6.54 Å². The first-order valence-corrected chi connectivity index (χ1v) is 16.8. The van der Waals surface area contributed by atoms with Crippen molar-refractivity contribution in [3.8, 4) is 16.9 Å². The fraction of sp³-hybridized carbons (Fsp3) is 0.500. The van der Waals surface area contributed by atoms with E-state index in [0.29, 0.717) is 12.5 Å². The van der Waals surface area contributed by atoms with Gasteiger partial charge in [0.05, 0.1) is 25.9 Å². The molecule has 5 rings (SSSR count). The minimum absolute atomic E-state index is 0.0138. The topological polar surface area (TPSA) is 69.3 Å². The van der Waals surface area contributed by atoms with Crippen LogP contribution in [0.25, 0.3) is 11.1 Å². The predicted molar refractivity (Wildman–Crippen MR) is 178 cm³/mol. The summed E-state index contributed by atoms with van der Waals surface area (Å²) in [6.45, 7) is 6.05. The fourth-order valence-corrected chi connectivity index (χ4v) is 6.19. The number of likely N-dealkylation sites (tertiary alicyclic amines) is 1. The molecule has 3 atom stereocenters. The van der Waals surface area contributed by atoms with E-state index < -0.39 is 6.09 Å². The lowest BCUT2D eigenvalue weighted by Gasteiger charge is -2.34. The summed E-state index contributed by atoms with van der Waals surface area (Å²) >= 11 is 0. The van der Waals surface area contributed by atoms with Gasteiger partial charge >= 0.3 is 6.09 Å². The number of piperidine rings is 1. The summed E-state index contributed by atoms with van der Waals surface area (Å²) in [4.78, 5) is 15.6. The van der Waals surface area contributed by atoms with Gasteiger partial charge < -0.3 is 29.2 Å². The Balaban J connectivity index is 1.24. The molecule has 2 saturated heterocycles. The van der Waals surface area contributed by atoms with Crippen molar-refractivity contribution in [2.45, 2.75) is 76.7 Å². The van der Waals surface area contributed by atoms with Crippen molar-refractivity contribution in [1.29, 1.82) is 0 Å². The Labute approximate surface area is 269 Å². The molecule has 0 saturated carbocycles. The van der Waals surface area contributed by atoms with Crippen molar-refractivity contribution >= 4 is 6.09 Å². The molecule has 2 aliphatic heterocycles. The number of rotatable bonds is 15. The fourth-order valence-electron chi connectivity index (χ4n) is 6.19. The van der Waals surface area contributed by atoms with Gasteiger partial charge in [-0.1, -0.05) is 93.3 Å². The summed E-state index contributed by atoms with van der Waals surface area (Å²) in [5.41, 5.74) is 4.10. The first-order chi connectivity index (χ1) is 22.0. The highest BCUT2D eigenvalue weighted by molar-refractivity contribution is 5.71. The van der Waals surface area contributed by atoms with Crippen LogP contribution in [0.4, 0.5) is 4.79 Å². The standard InChI is InChI=1S/C38H50N2O5/c1-29-20-21-40(2)28-35(29)45-38(41)39-37(31-17-11-8-12-18-31)33-25-32(30-15-9-7-10-16-30)26-34(27-33)42-22-14-6-4-3-5-13-19-36-43-23-24-44-36/h7-12,15-18,25-27,29,35-37H,3-6,13-14,19-24,28H2,1-2H3,(H,39,41)/t29?,35-,37?/m0/s1. The van der Waals surface area contributed by atoms with Gasteiger partial charge in [0.15, 0.2) is 6.29 Å². The molecular formula is C38H50N2O5. The summed E-state index contributed by atoms with van der Waals surface area (Å²) in [5, 5.41) is 3.21. The van der Waals surface area contributed by atoms with E-state index in [-0.39, 0.29) is 18.4 Å². The highest BCUT2D eigenvalue weighted by atomic mass is 16.7. The number of ether oxygens (including phenoxy) is 4. The third-order valence-electron chi connectivity index (χ3n) is 8.91. The minimum Gasteiger partial charge on any atom is -0.494 e. The highest BCUT2D eigenvalue weighted by Crippen LogP contribution is 2.32. The third-order valence-corrected chi connectivity index (χ3v) is 8.91. The second-order valence-corrected chi connectivity index (χ2v) is 12.5. The minimum atomic E-state index is -0.396. The van der Waals surface area contributed by atoms with Crippen LogP contribution >= 0.6 is 0 Å². The molecule has 2 aliphatic rings. The molecule has 1 amide bonds. The van der Waals surface area contributed by atoms with Gasteiger partial charge in [0.1, 0.15) is 11.9 Å². The van der Waals surface area contributed by atoms with E-state index in [1.165, 1.54) is 19.3 Å². The van der Waals surface area contributed by atoms with Crippen LogP contribution in [-0.2, 0) is 14.2 Å². The van der Waals surface area contributed by atoms with Crippen molar-refractivity contribution in [3.63, 3.8) is 0 Å². The Morgan fingerprint density at radius 3 is 2.31 bits per heavy atom. The second-order valence-electron chi connectivity index (χ2n) is 12.5. The van der Waals surface area contributed by atoms with Crippen LogP contribution in [0.2, 0.25) is 0 Å². The van der Waals surface area contributed by atoms with Crippen LogP contribution < -0.4 is 10.1 Å². The summed E-state index contributed by atoms with van der Waals surface area (Å²) in [6, 6.07) is 26.3. The van der Waals surface area contributed by atoms with E-state index in [1.807, 2.05) is 48.5 Å². The van der Waals surface area contributed by atoms with E-state index in [4.69, 9.17) is 18.9 Å². The summed E-state index contributed by atoms with van der Waals surface area (Å²) in [6.07, 6.45) is 8.40. The molecule has 3 aromatic carbocycles. The summed E-state index contributed by atoms with van der Waals surface area (Å²) in [5.74, 6) is 1.13. The number of carbonyl (C=O) groups is 1. The quantitative estimate of drug-likeness (QED) is 0.175. The Hall–Kier alpha value is -3.39. The van der Waals surface area contributed by atoms with Crippen molar-refractivity contribution in [2.24, 2.45) is 5.92 Å². The number of likely N-dealkylation sites (N-methyl/N-ethyl adjacent to an activating group) is 1. The van der Waals surface area contributed by atoms with Crippen LogP contribution in [-0.4, -0.2) is 63.3 Å². The maximum absolute atomic E-state index is 13.4. The first-order valence-electron chi connectivity index (χ1n) is 16.8. The largest absolute Gasteiger partial charge is 0.494 e. The zero-order chi connectivity index (χ0) is 31.3. The van der Waals surface area contributed by atoms with E-state index in [1.54, 1.807) is 0 Å². The zero-order valence-corrected chi connectivity index (χ0v) is 27.0. The van der Waals surface area contributed by atoms with Crippen LogP contribution in [0, 0.1) is 5.92 Å². The van der Waals surface area contributed by atoms with Crippen LogP contribution in [0.5, 0.6) is 5.75 Å². The van der Waals surface area contributed by atoms with Crippen molar-refractivity contribution in [1.82, 2.24) is 10.2 Å². The average Bonchev–Trinajstić information content (AvgIpc) is 3.59.